The molecule has 1 unspecified atom stereocenters. The zero-order chi connectivity index (χ0) is 14.0. The Balaban J connectivity index is 2.15. The Labute approximate surface area is 111 Å². The van der Waals surface area contributed by atoms with Gasteiger partial charge in [-0.2, -0.15) is 5.26 Å². The van der Waals surface area contributed by atoms with E-state index in [1.165, 1.54) is 10.8 Å². The second-order valence-electron chi connectivity index (χ2n) is 5.31. The number of aromatic nitrogens is 2. The summed E-state index contributed by atoms with van der Waals surface area (Å²) in [6.07, 6.45) is 2.39. The van der Waals surface area contributed by atoms with E-state index in [0.717, 1.165) is 19.5 Å². The van der Waals surface area contributed by atoms with Gasteiger partial charge < -0.3 is 4.90 Å². The van der Waals surface area contributed by atoms with Gasteiger partial charge in [0.05, 0.1) is 0 Å². The summed E-state index contributed by atoms with van der Waals surface area (Å²) in [7, 11) is 0. The molecular formula is C13H18N4O2. The molecule has 1 aliphatic heterocycles. The molecule has 0 saturated carbocycles. The van der Waals surface area contributed by atoms with Crippen LogP contribution in [0.3, 0.4) is 0 Å². The van der Waals surface area contributed by atoms with Gasteiger partial charge in [-0.25, -0.2) is 4.79 Å². The van der Waals surface area contributed by atoms with Gasteiger partial charge in [0, 0.05) is 25.3 Å². The standard InChI is InChI=1S/C13H18N4O2/c1-9(2)16-4-3-10(6-16)7-17-8-11(5-14)12(18)15-13(17)19/h8-10H,3-4,6-7H2,1-2H3,(H,15,18,19). The predicted octanol–water partition coefficient (Wildman–Crippen LogP) is 0.139. The number of aromatic amines is 1. The minimum atomic E-state index is -0.612. The Morgan fingerprint density at radius 1 is 1.53 bits per heavy atom. The first kappa shape index (κ1) is 13.6. The summed E-state index contributed by atoms with van der Waals surface area (Å²) in [5.41, 5.74) is -1.07. The summed E-state index contributed by atoms with van der Waals surface area (Å²) in [6, 6.07) is 2.31. The zero-order valence-corrected chi connectivity index (χ0v) is 11.2. The van der Waals surface area contributed by atoms with Crippen LogP contribution in [0, 0.1) is 17.2 Å². The molecule has 1 atom stereocenters. The molecule has 102 valence electrons. The molecule has 0 spiro atoms. The van der Waals surface area contributed by atoms with Gasteiger partial charge >= 0.3 is 5.69 Å². The summed E-state index contributed by atoms with van der Waals surface area (Å²) >= 11 is 0. The van der Waals surface area contributed by atoms with E-state index in [0.29, 0.717) is 18.5 Å². The molecule has 0 bridgehead atoms. The third kappa shape index (κ3) is 2.93. The molecule has 1 N–H and O–H groups in total. The van der Waals surface area contributed by atoms with Crippen LogP contribution in [0.2, 0.25) is 0 Å². The van der Waals surface area contributed by atoms with Gasteiger partial charge in [-0.1, -0.05) is 0 Å². The molecule has 2 rings (SSSR count). The van der Waals surface area contributed by atoms with E-state index < -0.39 is 11.2 Å². The van der Waals surface area contributed by atoms with E-state index in [1.807, 2.05) is 0 Å². The fourth-order valence-electron chi connectivity index (χ4n) is 2.48. The summed E-state index contributed by atoms with van der Waals surface area (Å²) in [6.45, 7) is 6.84. The van der Waals surface area contributed by atoms with Crippen molar-refractivity contribution in [2.75, 3.05) is 13.1 Å². The van der Waals surface area contributed by atoms with Crippen molar-refractivity contribution in [3.63, 3.8) is 0 Å². The van der Waals surface area contributed by atoms with Gasteiger partial charge in [0.2, 0.25) is 0 Å². The Morgan fingerprint density at radius 3 is 2.84 bits per heavy atom. The van der Waals surface area contributed by atoms with Crippen LogP contribution >= 0.6 is 0 Å². The fourth-order valence-corrected chi connectivity index (χ4v) is 2.48. The van der Waals surface area contributed by atoms with E-state index in [1.54, 1.807) is 6.07 Å². The van der Waals surface area contributed by atoms with Gasteiger partial charge in [-0.15, -0.1) is 0 Å². The number of likely N-dealkylation sites (tertiary alicyclic amines) is 1. The van der Waals surface area contributed by atoms with Gasteiger partial charge in [0.25, 0.3) is 5.56 Å². The van der Waals surface area contributed by atoms with Crippen molar-refractivity contribution >= 4 is 0 Å². The zero-order valence-electron chi connectivity index (χ0n) is 11.2. The maximum absolute atomic E-state index is 11.7. The Bertz CT molecular complexity index is 608. The molecule has 0 amide bonds. The lowest BCUT2D eigenvalue weighted by molar-refractivity contribution is 0.260. The van der Waals surface area contributed by atoms with E-state index in [-0.39, 0.29) is 5.56 Å². The number of H-pyrrole nitrogens is 1. The highest BCUT2D eigenvalue weighted by Gasteiger charge is 2.24. The second kappa shape index (κ2) is 5.41. The van der Waals surface area contributed by atoms with Crippen LogP contribution in [0.4, 0.5) is 0 Å². The van der Waals surface area contributed by atoms with E-state index in [4.69, 9.17) is 5.26 Å². The summed E-state index contributed by atoms with van der Waals surface area (Å²) in [5.74, 6) is 0.387. The normalized spacial score (nSPS) is 19.8. The maximum Gasteiger partial charge on any atom is 0.328 e. The number of rotatable bonds is 3. The van der Waals surface area contributed by atoms with Crippen LogP contribution in [0.15, 0.2) is 15.8 Å². The maximum atomic E-state index is 11.7. The third-order valence-corrected chi connectivity index (χ3v) is 3.63. The van der Waals surface area contributed by atoms with Crippen molar-refractivity contribution in [3.05, 3.63) is 32.6 Å². The van der Waals surface area contributed by atoms with Gasteiger partial charge in [-0.05, 0) is 32.7 Å². The molecule has 19 heavy (non-hydrogen) atoms. The molecule has 0 aliphatic carbocycles. The molecule has 1 aliphatic rings. The Kier molecular flexibility index (Phi) is 3.86. The molecule has 1 saturated heterocycles. The highest BCUT2D eigenvalue weighted by Crippen LogP contribution is 2.19. The molecule has 6 heteroatoms. The Hall–Kier alpha value is -1.87. The van der Waals surface area contributed by atoms with Gasteiger partial charge in [0.1, 0.15) is 11.6 Å². The molecule has 2 heterocycles. The number of hydrogen-bond acceptors (Lipinski definition) is 4. The molecular weight excluding hydrogens is 244 g/mol. The van der Waals surface area contributed by atoms with Crippen molar-refractivity contribution in [1.29, 1.82) is 5.26 Å². The number of nitriles is 1. The van der Waals surface area contributed by atoms with Crippen LogP contribution in [0.5, 0.6) is 0 Å². The van der Waals surface area contributed by atoms with Crippen molar-refractivity contribution in [2.45, 2.75) is 32.9 Å². The van der Waals surface area contributed by atoms with Crippen LogP contribution < -0.4 is 11.2 Å². The van der Waals surface area contributed by atoms with Crippen LogP contribution in [-0.4, -0.2) is 33.6 Å². The highest BCUT2D eigenvalue weighted by molar-refractivity contribution is 5.21. The first-order valence-corrected chi connectivity index (χ1v) is 6.49. The predicted molar refractivity (Wildman–Crippen MR) is 70.9 cm³/mol. The summed E-state index contributed by atoms with van der Waals surface area (Å²) < 4.78 is 1.44. The average molecular weight is 262 g/mol. The van der Waals surface area contributed by atoms with Crippen molar-refractivity contribution in [2.24, 2.45) is 5.92 Å². The number of hydrogen-bond donors (Lipinski definition) is 1. The monoisotopic (exact) mass is 262 g/mol. The van der Waals surface area contributed by atoms with E-state index in [9.17, 15) is 9.59 Å². The van der Waals surface area contributed by atoms with Crippen molar-refractivity contribution in [1.82, 2.24) is 14.5 Å². The highest BCUT2D eigenvalue weighted by atomic mass is 16.2. The van der Waals surface area contributed by atoms with Crippen molar-refractivity contribution < 1.29 is 0 Å². The lowest BCUT2D eigenvalue weighted by Crippen LogP contribution is -2.34. The molecule has 6 nitrogen and oxygen atoms in total. The number of nitrogens with one attached hydrogen (secondary N) is 1. The Morgan fingerprint density at radius 2 is 2.26 bits per heavy atom. The van der Waals surface area contributed by atoms with E-state index in [2.05, 4.69) is 23.7 Å². The second-order valence-corrected chi connectivity index (χ2v) is 5.31. The lowest BCUT2D eigenvalue weighted by Gasteiger charge is -2.20. The quantitative estimate of drug-likeness (QED) is 0.840. The summed E-state index contributed by atoms with van der Waals surface area (Å²) in [5, 5.41) is 8.82. The third-order valence-electron chi connectivity index (χ3n) is 3.63. The topological polar surface area (TPSA) is 81.9 Å². The largest absolute Gasteiger partial charge is 0.328 e. The molecule has 1 aromatic heterocycles. The fraction of sp³-hybridized carbons (Fsp3) is 0.615. The molecule has 0 radical (unpaired) electrons. The first-order chi connectivity index (χ1) is 9.01. The molecule has 1 aromatic rings. The smallest absolute Gasteiger partial charge is 0.301 e. The first-order valence-electron chi connectivity index (χ1n) is 6.49. The van der Waals surface area contributed by atoms with E-state index >= 15 is 0 Å². The minimum absolute atomic E-state index is 0.0155. The minimum Gasteiger partial charge on any atom is -0.301 e. The van der Waals surface area contributed by atoms with Crippen LogP contribution in [0.25, 0.3) is 0 Å². The molecule has 0 aromatic carbocycles. The lowest BCUT2D eigenvalue weighted by atomic mass is 10.1. The summed E-state index contributed by atoms with van der Waals surface area (Å²) in [4.78, 5) is 27.5. The van der Waals surface area contributed by atoms with Gasteiger partial charge in [0.15, 0.2) is 0 Å². The average Bonchev–Trinajstić information content (AvgIpc) is 2.81. The molecule has 1 fully saturated rings. The van der Waals surface area contributed by atoms with Crippen LogP contribution in [-0.2, 0) is 6.54 Å². The van der Waals surface area contributed by atoms with Crippen LogP contribution in [0.1, 0.15) is 25.8 Å². The SMILES string of the molecule is CC(C)N1CCC(Cn2cc(C#N)c(=O)[nH]c2=O)C1. The van der Waals surface area contributed by atoms with Crippen molar-refractivity contribution in [3.8, 4) is 6.07 Å². The number of nitrogens with zero attached hydrogens (tertiary/aromatic N) is 3. The van der Waals surface area contributed by atoms with Gasteiger partial charge in [-0.3, -0.25) is 14.3 Å².